The zero-order chi connectivity index (χ0) is 17.2. The van der Waals surface area contributed by atoms with Crippen molar-refractivity contribution in [1.82, 2.24) is 14.4 Å². The van der Waals surface area contributed by atoms with Gasteiger partial charge in [0, 0.05) is 24.8 Å². The molecule has 0 radical (unpaired) electrons. The lowest BCUT2D eigenvalue weighted by molar-refractivity contribution is 0.122. The summed E-state index contributed by atoms with van der Waals surface area (Å²) in [6.45, 7) is 2.84. The molecule has 0 unspecified atom stereocenters. The number of primary amides is 1. The van der Waals surface area contributed by atoms with Crippen molar-refractivity contribution in [1.29, 1.82) is 0 Å². The maximum Gasteiger partial charge on any atom is 0.316 e. The number of anilines is 2. The maximum atomic E-state index is 11.4. The Hall–Kier alpha value is -3.13. The molecule has 8 heteroatoms. The van der Waals surface area contributed by atoms with Crippen LogP contribution >= 0.6 is 0 Å². The Morgan fingerprint density at radius 1 is 1.20 bits per heavy atom. The van der Waals surface area contributed by atoms with Gasteiger partial charge >= 0.3 is 6.03 Å². The average Bonchev–Trinajstić information content (AvgIpc) is 3.02. The van der Waals surface area contributed by atoms with Crippen molar-refractivity contribution < 1.29 is 9.53 Å². The minimum Gasteiger partial charge on any atom is -0.378 e. The van der Waals surface area contributed by atoms with Crippen LogP contribution in [0.5, 0.6) is 0 Å². The zero-order valence-electron chi connectivity index (χ0n) is 13.6. The number of carbonyl (C=O) groups excluding carboxylic acids is 1. The van der Waals surface area contributed by atoms with E-state index >= 15 is 0 Å². The number of rotatable bonds is 3. The first-order valence-corrected chi connectivity index (χ1v) is 8.04. The lowest BCUT2D eigenvalue weighted by Crippen LogP contribution is -2.36. The Balaban J connectivity index is 1.92. The first kappa shape index (κ1) is 15.4. The topological polar surface area (TPSA) is 97.8 Å². The van der Waals surface area contributed by atoms with Gasteiger partial charge in [-0.15, -0.1) is 0 Å². The Kier molecular flexibility index (Phi) is 3.95. The van der Waals surface area contributed by atoms with Crippen LogP contribution in [0.1, 0.15) is 0 Å². The maximum absolute atomic E-state index is 11.4. The SMILES string of the molecule is NC(=O)Nc1ccccc1-c1c(N2CCOCC2)nc2ccncn12. The molecule has 1 fully saturated rings. The molecule has 3 heterocycles. The summed E-state index contributed by atoms with van der Waals surface area (Å²) in [6.07, 6.45) is 3.44. The third-order valence-electron chi connectivity index (χ3n) is 4.16. The number of hydrogen-bond acceptors (Lipinski definition) is 5. The Bertz CT molecular complexity index is 916. The van der Waals surface area contributed by atoms with E-state index in [9.17, 15) is 4.79 Å². The van der Waals surface area contributed by atoms with Crippen LogP contribution in [0.3, 0.4) is 0 Å². The predicted octanol–water partition coefficient (Wildman–Crippen LogP) is 1.72. The molecule has 1 aliphatic rings. The summed E-state index contributed by atoms with van der Waals surface area (Å²) >= 11 is 0. The van der Waals surface area contributed by atoms with Crippen LogP contribution in [0.4, 0.5) is 16.3 Å². The van der Waals surface area contributed by atoms with Crippen LogP contribution < -0.4 is 16.0 Å². The summed E-state index contributed by atoms with van der Waals surface area (Å²) in [5.74, 6) is 0.843. The number of nitrogens with two attached hydrogens (primary N) is 1. The van der Waals surface area contributed by atoms with E-state index in [4.69, 9.17) is 15.5 Å². The Morgan fingerprint density at radius 2 is 2.00 bits per heavy atom. The number of morpholine rings is 1. The monoisotopic (exact) mass is 338 g/mol. The lowest BCUT2D eigenvalue weighted by atomic mass is 10.1. The number of nitrogens with one attached hydrogen (secondary N) is 1. The van der Waals surface area contributed by atoms with Crippen molar-refractivity contribution in [2.24, 2.45) is 5.73 Å². The smallest absolute Gasteiger partial charge is 0.316 e. The molecule has 0 saturated carbocycles. The number of fused-ring (bicyclic) bond motifs is 1. The van der Waals surface area contributed by atoms with E-state index in [1.165, 1.54) is 0 Å². The standard InChI is InChI=1S/C17H18N6O2/c18-17(24)20-13-4-2-1-3-12(13)15-16(22-7-9-25-10-8-22)21-14-5-6-19-11-23(14)15/h1-6,11H,7-10H2,(H3,18,20,24). The van der Waals surface area contributed by atoms with E-state index in [1.807, 2.05) is 34.7 Å². The van der Waals surface area contributed by atoms with Gasteiger partial charge in [-0.3, -0.25) is 4.40 Å². The van der Waals surface area contributed by atoms with Crippen molar-refractivity contribution in [3.05, 3.63) is 42.9 Å². The van der Waals surface area contributed by atoms with Crippen LogP contribution in [0.2, 0.25) is 0 Å². The quantitative estimate of drug-likeness (QED) is 0.758. The highest BCUT2D eigenvalue weighted by atomic mass is 16.5. The number of carbonyl (C=O) groups is 1. The van der Waals surface area contributed by atoms with Crippen LogP contribution in [0.25, 0.3) is 16.9 Å². The molecule has 2 amide bonds. The van der Waals surface area contributed by atoms with Gasteiger partial charge in [0.2, 0.25) is 0 Å². The van der Waals surface area contributed by atoms with Crippen LogP contribution in [-0.2, 0) is 4.74 Å². The first-order chi connectivity index (χ1) is 12.2. The van der Waals surface area contributed by atoms with E-state index in [2.05, 4.69) is 15.2 Å². The average molecular weight is 338 g/mol. The van der Waals surface area contributed by atoms with Gasteiger partial charge in [0.15, 0.2) is 5.82 Å². The third-order valence-corrected chi connectivity index (χ3v) is 4.16. The summed E-state index contributed by atoms with van der Waals surface area (Å²) in [4.78, 5) is 22.6. The van der Waals surface area contributed by atoms with Gasteiger partial charge in [0.1, 0.15) is 17.7 Å². The predicted molar refractivity (Wildman–Crippen MR) is 94.7 cm³/mol. The highest BCUT2D eigenvalue weighted by Crippen LogP contribution is 2.36. The van der Waals surface area contributed by atoms with Crippen molar-refractivity contribution in [3.63, 3.8) is 0 Å². The minimum atomic E-state index is -0.604. The van der Waals surface area contributed by atoms with Crippen molar-refractivity contribution in [2.45, 2.75) is 0 Å². The summed E-state index contributed by atoms with van der Waals surface area (Å²) in [5.41, 5.74) is 8.46. The summed E-state index contributed by atoms with van der Waals surface area (Å²) in [5, 5.41) is 2.69. The fraction of sp³-hybridized carbons (Fsp3) is 0.235. The molecule has 3 aromatic rings. The summed E-state index contributed by atoms with van der Waals surface area (Å²) < 4.78 is 7.38. The van der Waals surface area contributed by atoms with Crippen LogP contribution in [-0.4, -0.2) is 46.7 Å². The van der Waals surface area contributed by atoms with Crippen LogP contribution in [0.15, 0.2) is 42.9 Å². The van der Waals surface area contributed by atoms with E-state index in [1.54, 1.807) is 12.5 Å². The molecule has 2 aromatic heterocycles. The van der Waals surface area contributed by atoms with Gasteiger partial charge in [0.25, 0.3) is 0 Å². The highest BCUT2D eigenvalue weighted by molar-refractivity contribution is 5.95. The number of hydrogen-bond donors (Lipinski definition) is 2. The number of para-hydroxylation sites is 1. The second-order valence-corrected chi connectivity index (χ2v) is 5.73. The fourth-order valence-corrected chi connectivity index (χ4v) is 3.06. The minimum absolute atomic E-state index is 0.604. The number of aromatic nitrogens is 3. The molecule has 0 aliphatic carbocycles. The van der Waals surface area contributed by atoms with Crippen molar-refractivity contribution in [3.8, 4) is 11.3 Å². The fourth-order valence-electron chi connectivity index (χ4n) is 3.06. The van der Waals surface area contributed by atoms with E-state index < -0.39 is 6.03 Å². The molecule has 8 nitrogen and oxygen atoms in total. The van der Waals surface area contributed by atoms with Gasteiger partial charge in [0.05, 0.1) is 18.9 Å². The highest BCUT2D eigenvalue weighted by Gasteiger charge is 2.23. The van der Waals surface area contributed by atoms with Crippen molar-refractivity contribution in [2.75, 3.05) is 36.5 Å². The summed E-state index contributed by atoms with van der Waals surface area (Å²) in [6, 6.07) is 8.78. The number of nitrogens with zero attached hydrogens (tertiary/aromatic N) is 4. The van der Waals surface area contributed by atoms with Crippen LogP contribution in [0, 0.1) is 0 Å². The number of ether oxygens (including phenoxy) is 1. The van der Waals surface area contributed by atoms with E-state index in [0.29, 0.717) is 18.9 Å². The molecule has 4 rings (SSSR count). The Labute approximate surface area is 144 Å². The molecule has 3 N–H and O–H groups in total. The molecule has 1 saturated heterocycles. The number of urea groups is 1. The van der Waals surface area contributed by atoms with Crippen molar-refractivity contribution >= 4 is 23.2 Å². The van der Waals surface area contributed by atoms with Gasteiger partial charge in [-0.25, -0.2) is 14.8 Å². The molecule has 25 heavy (non-hydrogen) atoms. The van der Waals surface area contributed by atoms with Gasteiger partial charge < -0.3 is 20.7 Å². The first-order valence-electron chi connectivity index (χ1n) is 8.04. The molecule has 0 spiro atoms. The van der Waals surface area contributed by atoms with Gasteiger partial charge in [-0.2, -0.15) is 0 Å². The van der Waals surface area contributed by atoms with Gasteiger partial charge in [-0.1, -0.05) is 18.2 Å². The molecule has 128 valence electrons. The second kappa shape index (κ2) is 6.40. The molecule has 1 aromatic carbocycles. The lowest BCUT2D eigenvalue weighted by Gasteiger charge is -2.28. The third kappa shape index (κ3) is 2.87. The van der Waals surface area contributed by atoms with E-state index in [-0.39, 0.29) is 0 Å². The van der Waals surface area contributed by atoms with Gasteiger partial charge in [-0.05, 0) is 12.1 Å². The molecule has 1 aliphatic heterocycles. The summed E-state index contributed by atoms with van der Waals surface area (Å²) in [7, 11) is 0. The normalized spacial score (nSPS) is 14.6. The van der Waals surface area contributed by atoms with E-state index in [0.717, 1.165) is 35.8 Å². The zero-order valence-corrected chi connectivity index (χ0v) is 13.6. The number of benzene rings is 1. The molecular weight excluding hydrogens is 320 g/mol. The Morgan fingerprint density at radius 3 is 2.80 bits per heavy atom. The molecular formula is C17H18N6O2. The second-order valence-electron chi connectivity index (χ2n) is 5.73. The number of imidazole rings is 1. The molecule has 0 bridgehead atoms. The number of amides is 2. The largest absolute Gasteiger partial charge is 0.378 e. The molecule has 0 atom stereocenters.